The lowest BCUT2D eigenvalue weighted by Crippen LogP contribution is -2.60. The first kappa shape index (κ1) is 14.3. The summed E-state index contributed by atoms with van der Waals surface area (Å²) in [6.07, 6.45) is 1.66. The minimum Gasteiger partial charge on any atom is -0.481 e. The van der Waals surface area contributed by atoms with Crippen molar-refractivity contribution in [2.45, 2.75) is 13.0 Å². The molecule has 1 saturated heterocycles. The first-order valence-electron chi connectivity index (χ1n) is 7.00. The molecule has 0 atom stereocenters. The fraction of sp³-hybridized carbons (Fsp3) is 0.429. The predicted octanol–water partition coefficient (Wildman–Crippen LogP) is 0.146. The van der Waals surface area contributed by atoms with Crippen molar-refractivity contribution in [2.24, 2.45) is 7.05 Å². The Hall–Kier alpha value is -2.64. The minimum atomic E-state index is -0.112. The number of hydrogen-bond acceptors (Lipinski definition) is 6. The largest absolute Gasteiger partial charge is 0.481 e. The molecule has 0 radical (unpaired) electrons. The van der Waals surface area contributed by atoms with Crippen LogP contribution in [0.1, 0.15) is 16.2 Å². The van der Waals surface area contributed by atoms with Gasteiger partial charge in [-0.15, -0.1) is 0 Å². The van der Waals surface area contributed by atoms with Gasteiger partial charge in [0.1, 0.15) is 5.69 Å². The molecule has 8 nitrogen and oxygen atoms in total. The van der Waals surface area contributed by atoms with Crippen LogP contribution in [-0.2, 0) is 7.05 Å². The first-order valence-corrected chi connectivity index (χ1v) is 7.00. The summed E-state index contributed by atoms with van der Waals surface area (Å²) in [6.45, 7) is 3.22. The molecule has 8 heteroatoms. The van der Waals surface area contributed by atoms with Gasteiger partial charge in [-0.05, 0) is 13.0 Å². The van der Waals surface area contributed by atoms with Crippen LogP contribution in [0.25, 0.3) is 0 Å². The highest BCUT2D eigenvalue weighted by Gasteiger charge is 2.30. The van der Waals surface area contributed by atoms with Gasteiger partial charge >= 0.3 is 0 Å². The molecule has 0 spiro atoms. The molecular weight excluding hydrogens is 284 g/mol. The molecule has 22 heavy (non-hydrogen) atoms. The summed E-state index contributed by atoms with van der Waals surface area (Å²) in [6, 6.07) is 3.56. The molecule has 1 amide bonds. The van der Waals surface area contributed by atoms with Crippen molar-refractivity contribution in [3.63, 3.8) is 0 Å². The van der Waals surface area contributed by atoms with Gasteiger partial charge in [0.2, 0.25) is 11.8 Å². The Labute approximate surface area is 128 Å². The SMILES string of the molecule is COc1ccnc(N2CC(NC(=O)c3cc(C)nn3C)C2)n1. The molecule has 3 heterocycles. The Balaban J connectivity index is 1.57. The van der Waals surface area contributed by atoms with E-state index >= 15 is 0 Å². The highest BCUT2D eigenvalue weighted by Crippen LogP contribution is 2.18. The number of aromatic nitrogens is 4. The Morgan fingerprint density at radius 1 is 1.45 bits per heavy atom. The van der Waals surface area contributed by atoms with E-state index in [2.05, 4.69) is 20.4 Å². The lowest BCUT2D eigenvalue weighted by molar-refractivity contribution is 0.0920. The molecule has 1 fully saturated rings. The fourth-order valence-corrected chi connectivity index (χ4v) is 2.41. The van der Waals surface area contributed by atoms with E-state index in [4.69, 9.17) is 4.74 Å². The Kier molecular flexibility index (Phi) is 3.66. The van der Waals surface area contributed by atoms with Crippen LogP contribution in [0, 0.1) is 6.92 Å². The summed E-state index contributed by atoms with van der Waals surface area (Å²) in [5.74, 6) is 1.03. The van der Waals surface area contributed by atoms with E-state index in [-0.39, 0.29) is 11.9 Å². The molecule has 0 unspecified atom stereocenters. The number of carbonyl (C=O) groups excluding carboxylic acids is 1. The molecule has 1 aliphatic heterocycles. The molecule has 1 N–H and O–H groups in total. The van der Waals surface area contributed by atoms with Crippen LogP contribution in [0.4, 0.5) is 5.95 Å². The van der Waals surface area contributed by atoms with Crippen LogP contribution in [0.5, 0.6) is 5.88 Å². The number of nitrogens with one attached hydrogen (secondary N) is 1. The van der Waals surface area contributed by atoms with Crippen LogP contribution in [0.3, 0.4) is 0 Å². The second-order valence-electron chi connectivity index (χ2n) is 5.27. The van der Waals surface area contributed by atoms with Gasteiger partial charge in [0.05, 0.1) is 18.8 Å². The second kappa shape index (κ2) is 5.63. The zero-order valence-electron chi connectivity index (χ0n) is 12.8. The Bertz CT molecular complexity index is 692. The molecule has 0 bridgehead atoms. The number of anilines is 1. The average molecular weight is 302 g/mol. The number of ether oxygens (including phenoxy) is 1. The van der Waals surface area contributed by atoms with Crippen LogP contribution in [0.2, 0.25) is 0 Å². The maximum atomic E-state index is 12.2. The predicted molar refractivity (Wildman–Crippen MR) is 80.0 cm³/mol. The first-order chi connectivity index (χ1) is 10.6. The summed E-state index contributed by atoms with van der Waals surface area (Å²) < 4.78 is 6.67. The summed E-state index contributed by atoms with van der Waals surface area (Å²) in [5, 5.41) is 7.16. The normalized spacial score (nSPS) is 14.6. The van der Waals surface area contributed by atoms with E-state index in [1.54, 1.807) is 37.2 Å². The van der Waals surface area contributed by atoms with Crippen molar-refractivity contribution >= 4 is 11.9 Å². The average Bonchev–Trinajstić information content (AvgIpc) is 2.81. The molecule has 0 aromatic carbocycles. The zero-order chi connectivity index (χ0) is 15.7. The van der Waals surface area contributed by atoms with Crippen molar-refractivity contribution < 1.29 is 9.53 Å². The number of aryl methyl sites for hydroxylation is 2. The van der Waals surface area contributed by atoms with Gasteiger partial charge in [0.15, 0.2) is 0 Å². The molecule has 0 aliphatic carbocycles. The zero-order valence-corrected chi connectivity index (χ0v) is 12.8. The third-order valence-corrected chi connectivity index (χ3v) is 3.56. The topological polar surface area (TPSA) is 85.2 Å². The van der Waals surface area contributed by atoms with Crippen molar-refractivity contribution in [2.75, 3.05) is 25.1 Å². The highest BCUT2D eigenvalue weighted by atomic mass is 16.5. The fourth-order valence-electron chi connectivity index (χ4n) is 2.41. The monoisotopic (exact) mass is 302 g/mol. The number of nitrogens with zero attached hydrogens (tertiary/aromatic N) is 5. The lowest BCUT2D eigenvalue weighted by Gasteiger charge is -2.39. The van der Waals surface area contributed by atoms with Crippen molar-refractivity contribution in [1.82, 2.24) is 25.1 Å². The van der Waals surface area contributed by atoms with Crippen LogP contribution >= 0.6 is 0 Å². The quantitative estimate of drug-likeness (QED) is 0.865. The highest BCUT2D eigenvalue weighted by molar-refractivity contribution is 5.93. The third-order valence-electron chi connectivity index (χ3n) is 3.56. The Morgan fingerprint density at radius 3 is 2.86 bits per heavy atom. The van der Waals surface area contributed by atoms with Gasteiger partial charge in [0, 0.05) is 32.4 Å². The molecular formula is C14H18N6O2. The Morgan fingerprint density at radius 2 is 2.23 bits per heavy atom. The molecule has 2 aromatic heterocycles. The van der Waals surface area contributed by atoms with Crippen LogP contribution in [0.15, 0.2) is 18.3 Å². The van der Waals surface area contributed by atoms with Gasteiger partial charge in [0.25, 0.3) is 5.91 Å². The van der Waals surface area contributed by atoms with Crippen LogP contribution in [-0.4, -0.2) is 51.9 Å². The number of amides is 1. The molecule has 3 rings (SSSR count). The minimum absolute atomic E-state index is 0.0810. The maximum absolute atomic E-state index is 12.2. The third kappa shape index (κ3) is 2.72. The number of hydrogen-bond donors (Lipinski definition) is 1. The van der Waals surface area contributed by atoms with Gasteiger partial charge in [-0.1, -0.05) is 0 Å². The molecule has 116 valence electrons. The van der Waals surface area contributed by atoms with Gasteiger partial charge < -0.3 is 15.0 Å². The van der Waals surface area contributed by atoms with E-state index in [9.17, 15) is 4.79 Å². The molecule has 1 aliphatic rings. The van der Waals surface area contributed by atoms with Gasteiger partial charge in [-0.3, -0.25) is 9.48 Å². The van der Waals surface area contributed by atoms with E-state index in [0.717, 1.165) is 5.69 Å². The van der Waals surface area contributed by atoms with E-state index in [1.807, 2.05) is 11.8 Å². The number of rotatable bonds is 4. The summed E-state index contributed by atoms with van der Waals surface area (Å²) >= 11 is 0. The van der Waals surface area contributed by atoms with Gasteiger partial charge in [-0.2, -0.15) is 10.1 Å². The number of carbonyl (C=O) groups is 1. The lowest BCUT2D eigenvalue weighted by atomic mass is 10.1. The summed E-state index contributed by atoms with van der Waals surface area (Å²) in [7, 11) is 3.33. The second-order valence-corrected chi connectivity index (χ2v) is 5.27. The summed E-state index contributed by atoms with van der Waals surface area (Å²) in [5.41, 5.74) is 1.39. The number of methoxy groups -OCH3 is 1. The maximum Gasteiger partial charge on any atom is 0.269 e. The standard InChI is InChI=1S/C14H18N6O2/c1-9-6-11(19(2)18-9)13(21)16-10-7-20(8-10)14-15-5-4-12(17-14)22-3/h4-6,10H,7-8H2,1-3H3,(H,16,21). The van der Waals surface area contributed by atoms with E-state index < -0.39 is 0 Å². The van der Waals surface area contributed by atoms with E-state index in [1.165, 1.54) is 0 Å². The van der Waals surface area contributed by atoms with Crippen LogP contribution < -0.4 is 15.0 Å². The smallest absolute Gasteiger partial charge is 0.269 e. The molecule has 0 saturated carbocycles. The van der Waals surface area contributed by atoms with Crippen molar-refractivity contribution in [3.8, 4) is 5.88 Å². The summed E-state index contributed by atoms with van der Waals surface area (Å²) in [4.78, 5) is 22.6. The van der Waals surface area contributed by atoms with Crippen molar-refractivity contribution in [1.29, 1.82) is 0 Å². The van der Waals surface area contributed by atoms with Gasteiger partial charge in [-0.25, -0.2) is 4.98 Å². The molecule has 2 aromatic rings. The van der Waals surface area contributed by atoms with E-state index in [0.29, 0.717) is 30.6 Å². The van der Waals surface area contributed by atoms with Crippen molar-refractivity contribution in [3.05, 3.63) is 29.7 Å².